The largest absolute Gasteiger partial charge is 0.462 e. The number of hydrogen-bond donors (Lipinski definition) is 12. The van der Waals surface area contributed by atoms with E-state index in [9.17, 15) is 60.7 Å². The van der Waals surface area contributed by atoms with Crippen molar-refractivity contribution in [1.29, 1.82) is 0 Å². The van der Waals surface area contributed by atoms with Gasteiger partial charge < -0.3 is 81.5 Å². The minimum Gasteiger partial charge on any atom is -0.462 e. The molecule has 1 amide bonds. The number of hydrogen-bond acceptors (Lipinski definition) is 17. The summed E-state index contributed by atoms with van der Waals surface area (Å²) >= 11 is 0. The van der Waals surface area contributed by atoms with E-state index in [0.29, 0.717) is 0 Å². The van der Waals surface area contributed by atoms with E-state index in [0.717, 1.165) is 0 Å². The lowest BCUT2D eigenvalue weighted by molar-refractivity contribution is -0.308. The van der Waals surface area contributed by atoms with Crippen LogP contribution < -0.4 is 11.5 Å². The summed E-state index contributed by atoms with van der Waals surface area (Å²) in [5.41, 5.74) is 11.7. The predicted octanol–water partition coefficient (Wildman–Crippen LogP) is 0.112. The number of esters is 1. The van der Waals surface area contributed by atoms with Gasteiger partial charge in [0.25, 0.3) is 0 Å². The standard InChI is InChI=1S/C47H74N2O16/c1-27-17-15-13-11-9-7-5-6-8-10-12-14-16-18-34(64-46-44(59)41(48)43(58)30(4)63-46)24-38-40(45(49)60)37(55)26-47(61,65-38)25-36(54)35(53)20-19-31(50)21-32(51)22-33(52)23-39(56)62-29(3)28(2)42(27)57/h5-18,27-38,40-44,46,50-55,57-59,61H,19-26,48H2,1-4H3,(H2,49,60)/b6-5-,9-7-,10-8-,13-11-,14-12-,17-15-,18-16+/t27-,28-,29-,30-,31+,32+,33+,34-,35+,36+,37-,38-,40+,41+,42+,43-,44+,46+,47+/m0/s1. The van der Waals surface area contributed by atoms with Crippen LogP contribution in [0.5, 0.6) is 0 Å². The normalized spacial score (nSPS) is 45.5. The third kappa shape index (κ3) is 18.6. The second-order valence-electron chi connectivity index (χ2n) is 17.6. The van der Waals surface area contributed by atoms with Crippen LogP contribution in [0.4, 0.5) is 0 Å². The Kier molecular flexibility index (Phi) is 23.6. The molecule has 19 atom stereocenters. The number of aliphatic hydroxyl groups is 10. The maximum atomic E-state index is 12.7. The fraction of sp³-hybridized carbons (Fsp3) is 0.660. The molecule has 14 N–H and O–H groups in total. The first kappa shape index (κ1) is 55.9. The van der Waals surface area contributed by atoms with E-state index >= 15 is 0 Å². The zero-order valence-corrected chi connectivity index (χ0v) is 37.7. The lowest BCUT2D eigenvalue weighted by Crippen LogP contribution is -2.62. The maximum absolute atomic E-state index is 12.7. The van der Waals surface area contributed by atoms with E-state index in [1.54, 1.807) is 75.5 Å². The van der Waals surface area contributed by atoms with E-state index in [4.69, 9.17) is 30.4 Å². The van der Waals surface area contributed by atoms with Crippen molar-refractivity contribution >= 4 is 11.9 Å². The van der Waals surface area contributed by atoms with Crippen molar-refractivity contribution in [3.63, 3.8) is 0 Å². The van der Waals surface area contributed by atoms with Crippen LogP contribution in [0.25, 0.3) is 0 Å². The van der Waals surface area contributed by atoms with Gasteiger partial charge >= 0.3 is 5.97 Å². The summed E-state index contributed by atoms with van der Waals surface area (Å²) in [6.45, 7) is 6.77. The van der Waals surface area contributed by atoms with Gasteiger partial charge in [-0.1, -0.05) is 98.9 Å². The lowest BCUT2D eigenvalue weighted by atomic mass is 9.82. The highest BCUT2D eigenvalue weighted by Crippen LogP contribution is 2.38. The number of aliphatic hydroxyl groups excluding tert-OH is 9. The number of fused-ring (bicyclic) bond motifs is 2. The molecule has 2 fully saturated rings. The van der Waals surface area contributed by atoms with Gasteiger partial charge in [-0.2, -0.15) is 0 Å². The number of allylic oxidation sites excluding steroid dienone is 12. The van der Waals surface area contributed by atoms with Crippen LogP contribution in [-0.2, 0) is 28.5 Å². The molecule has 0 aromatic heterocycles. The molecule has 0 unspecified atom stereocenters. The Balaban J connectivity index is 1.86. The lowest BCUT2D eigenvalue weighted by Gasteiger charge is -2.45. The Morgan fingerprint density at radius 1 is 0.662 bits per heavy atom. The van der Waals surface area contributed by atoms with Crippen LogP contribution in [0.2, 0.25) is 0 Å². The molecule has 65 heavy (non-hydrogen) atoms. The maximum Gasteiger partial charge on any atom is 0.308 e. The summed E-state index contributed by atoms with van der Waals surface area (Å²) in [4.78, 5) is 25.3. The van der Waals surface area contributed by atoms with Gasteiger partial charge in [0.15, 0.2) is 12.1 Å². The molecular weight excluding hydrogens is 849 g/mol. The van der Waals surface area contributed by atoms with E-state index < -0.39 is 140 Å². The quantitative estimate of drug-likeness (QED) is 0.167. The smallest absolute Gasteiger partial charge is 0.308 e. The fourth-order valence-electron chi connectivity index (χ4n) is 8.00. The molecule has 3 rings (SSSR count). The SMILES string of the molecule is C[C@@H]1[C@H](O)[C@@H](C)\C=C/C=C\C=C/C=C\C=C/C=C\C=C\[C@H](O[C@H]2O[C@@H](C)[C@H](O)[C@@H](N)[C@H]2O)C[C@@H]2O[C@](O)(C[C@@H](O)[C@H](O)CC[C@@H](O)C[C@@H](O)C[C@@H](O)CC(=O)O[C@H]1C)C[C@H](O)[C@H]2C(N)=O. The van der Waals surface area contributed by atoms with Crippen LogP contribution in [-0.4, -0.2) is 160 Å². The van der Waals surface area contributed by atoms with Gasteiger partial charge in [0.2, 0.25) is 5.91 Å². The number of ether oxygens (including phenoxy) is 4. The zero-order valence-electron chi connectivity index (χ0n) is 37.7. The third-order valence-corrected chi connectivity index (χ3v) is 12.1. The van der Waals surface area contributed by atoms with Crippen molar-refractivity contribution < 1.29 is 79.6 Å². The number of rotatable bonds is 3. The molecule has 3 aliphatic heterocycles. The van der Waals surface area contributed by atoms with Crippen LogP contribution in [0.3, 0.4) is 0 Å². The summed E-state index contributed by atoms with van der Waals surface area (Å²) in [6.07, 6.45) is 4.46. The number of nitrogens with two attached hydrogens (primary N) is 2. The molecule has 0 aromatic rings. The molecule has 18 heteroatoms. The molecule has 0 aromatic carbocycles. The topological polar surface area (TPSA) is 325 Å². The van der Waals surface area contributed by atoms with Crippen molar-refractivity contribution in [2.75, 3.05) is 0 Å². The van der Waals surface area contributed by atoms with Gasteiger partial charge in [0.1, 0.15) is 12.2 Å². The highest BCUT2D eigenvalue weighted by molar-refractivity contribution is 5.78. The summed E-state index contributed by atoms with van der Waals surface area (Å²) in [5, 5.41) is 108. The Hall–Kier alpha value is -3.44. The first-order valence-electron chi connectivity index (χ1n) is 22.4. The Bertz CT molecular complexity index is 1670. The molecule has 368 valence electrons. The van der Waals surface area contributed by atoms with Crippen molar-refractivity contribution in [3.8, 4) is 0 Å². The fourth-order valence-corrected chi connectivity index (χ4v) is 8.00. The molecular formula is C47H74N2O16. The average molecular weight is 923 g/mol. The molecule has 3 aliphatic rings. The summed E-state index contributed by atoms with van der Waals surface area (Å²) < 4.78 is 23.3. The highest BCUT2D eigenvalue weighted by Gasteiger charge is 2.50. The number of carbonyl (C=O) groups is 2. The number of primary amides is 1. The van der Waals surface area contributed by atoms with Crippen molar-refractivity contribution in [2.45, 2.75) is 177 Å². The monoisotopic (exact) mass is 923 g/mol. The summed E-state index contributed by atoms with van der Waals surface area (Å²) in [6, 6.07) is -1.13. The Labute approximate surface area is 381 Å². The molecule has 18 nitrogen and oxygen atoms in total. The predicted molar refractivity (Wildman–Crippen MR) is 239 cm³/mol. The van der Waals surface area contributed by atoms with Crippen molar-refractivity contribution in [1.82, 2.24) is 0 Å². The molecule has 0 radical (unpaired) electrons. The van der Waals surface area contributed by atoms with Gasteiger partial charge in [0, 0.05) is 31.1 Å². The number of amides is 1. The average Bonchev–Trinajstić information content (AvgIpc) is 3.21. The molecule has 3 heterocycles. The first-order valence-corrected chi connectivity index (χ1v) is 22.4. The van der Waals surface area contributed by atoms with Crippen molar-refractivity contribution in [2.24, 2.45) is 29.2 Å². The minimum absolute atomic E-state index is 0.124. The van der Waals surface area contributed by atoms with E-state index in [1.807, 2.05) is 37.3 Å². The van der Waals surface area contributed by atoms with Gasteiger partial charge in [-0.25, -0.2) is 0 Å². The van der Waals surface area contributed by atoms with Crippen LogP contribution in [0, 0.1) is 17.8 Å². The van der Waals surface area contributed by atoms with E-state index in [-0.39, 0.29) is 38.0 Å². The Morgan fingerprint density at radius 2 is 1.20 bits per heavy atom. The summed E-state index contributed by atoms with van der Waals surface area (Å²) in [5.74, 6) is -6.09. The minimum atomic E-state index is -2.30. The third-order valence-electron chi connectivity index (χ3n) is 12.1. The summed E-state index contributed by atoms with van der Waals surface area (Å²) in [7, 11) is 0. The van der Waals surface area contributed by atoms with Gasteiger partial charge in [-0.3, -0.25) is 9.59 Å². The molecule has 2 bridgehead atoms. The molecule has 0 aliphatic carbocycles. The molecule has 0 spiro atoms. The van der Waals surface area contributed by atoms with Crippen LogP contribution >= 0.6 is 0 Å². The van der Waals surface area contributed by atoms with Gasteiger partial charge in [-0.05, 0) is 39.5 Å². The zero-order chi connectivity index (χ0) is 48.4. The van der Waals surface area contributed by atoms with Gasteiger partial charge in [-0.15, -0.1) is 0 Å². The highest BCUT2D eigenvalue weighted by atomic mass is 16.7. The second kappa shape index (κ2) is 27.4. The van der Waals surface area contributed by atoms with Crippen molar-refractivity contribution in [3.05, 3.63) is 85.1 Å². The van der Waals surface area contributed by atoms with E-state index in [1.165, 1.54) is 0 Å². The number of cyclic esters (lactones) is 1. The van der Waals surface area contributed by atoms with Crippen LogP contribution in [0.1, 0.15) is 79.1 Å². The molecule has 2 saturated heterocycles. The van der Waals surface area contributed by atoms with Gasteiger partial charge in [0.05, 0.1) is 85.5 Å². The van der Waals surface area contributed by atoms with Crippen LogP contribution in [0.15, 0.2) is 85.1 Å². The first-order chi connectivity index (χ1) is 30.6. The van der Waals surface area contributed by atoms with E-state index in [2.05, 4.69) is 0 Å². The Morgan fingerprint density at radius 3 is 1.78 bits per heavy atom. The second-order valence-corrected chi connectivity index (χ2v) is 17.6. The molecule has 0 saturated carbocycles. The number of carbonyl (C=O) groups excluding carboxylic acids is 2.